The van der Waals surface area contributed by atoms with Crippen LogP contribution in [0.3, 0.4) is 0 Å². The zero-order valence-corrected chi connectivity index (χ0v) is 22.3. The van der Waals surface area contributed by atoms with Crippen molar-refractivity contribution in [3.63, 3.8) is 0 Å². The lowest BCUT2D eigenvalue weighted by Gasteiger charge is -2.44. The average Bonchev–Trinajstić information content (AvgIpc) is 3.23. The minimum atomic E-state index is -3.74. The summed E-state index contributed by atoms with van der Waals surface area (Å²) in [5.41, 5.74) is -0.624. The van der Waals surface area contributed by atoms with Gasteiger partial charge in [0.15, 0.2) is 0 Å². The first-order chi connectivity index (χ1) is 15.3. The molecule has 1 fully saturated rings. The third kappa shape index (κ3) is 5.50. The van der Waals surface area contributed by atoms with Gasteiger partial charge in [-0.2, -0.15) is 0 Å². The predicted molar refractivity (Wildman–Crippen MR) is 136 cm³/mol. The number of ether oxygens (including phenoxy) is 1. The smallest absolute Gasteiger partial charge is 0.410 e. The molecule has 1 saturated heterocycles. The van der Waals surface area contributed by atoms with E-state index >= 15 is 0 Å². The number of rotatable bonds is 5. The molecule has 0 aromatic heterocycles. The van der Waals surface area contributed by atoms with Crippen LogP contribution in [-0.4, -0.2) is 51.6 Å². The highest BCUT2D eigenvalue weighted by Gasteiger charge is 2.52. The van der Waals surface area contributed by atoms with Gasteiger partial charge in [-0.3, -0.25) is 0 Å². The number of hydrogen-bond acceptors (Lipinski definition) is 4. The number of carbonyl (C=O) groups is 1. The van der Waals surface area contributed by atoms with Gasteiger partial charge in [-0.15, -0.1) is 0 Å². The lowest BCUT2D eigenvalue weighted by molar-refractivity contribution is 0.0295. The SMILES string of the molecule is CC(C)(C)OC(=O)N1CCC(S(=O)(=O)N[Si](c2ccccc2)(c2ccccc2)C(C)(C)C)C1. The zero-order valence-electron chi connectivity index (χ0n) is 20.5. The first kappa shape index (κ1) is 25.5. The summed E-state index contributed by atoms with van der Waals surface area (Å²) in [5, 5.41) is 0.974. The highest BCUT2D eigenvalue weighted by molar-refractivity contribution is 7.91. The molecule has 1 heterocycles. The van der Waals surface area contributed by atoms with E-state index in [-0.39, 0.29) is 11.6 Å². The highest BCUT2D eigenvalue weighted by Crippen LogP contribution is 2.35. The van der Waals surface area contributed by atoms with Crippen LogP contribution in [0.15, 0.2) is 60.7 Å². The zero-order chi connectivity index (χ0) is 24.5. The predicted octanol–water partition coefficient (Wildman–Crippen LogP) is 3.48. The molecule has 1 amide bonds. The van der Waals surface area contributed by atoms with Gasteiger partial charge in [-0.05, 0) is 42.6 Å². The lowest BCUT2D eigenvalue weighted by atomic mass is 10.2. The molecule has 0 bridgehead atoms. The number of amides is 1. The van der Waals surface area contributed by atoms with Gasteiger partial charge in [0, 0.05) is 13.1 Å². The van der Waals surface area contributed by atoms with Crippen molar-refractivity contribution in [1.82, 2.24) is 9.29 Å². The highest BCUT2D eigenvalue weighted by atomic mass is 32.2. The van der Waals surface area contributed by atoms with Crippen LogP contribution >= 0.6 is 0 Å². The third-order valence-electron chi connectivity index (χ3n) is 6.07. The van der Waals surface area contributed by atoms with E-state index in [1.54, 1.807) is 20.8 Å². The van der Waals surface area contributed by atoms with Crippen molar-refractivity contribution in [1.29, 1.82) is 0 Å². The van der Waals surface area contributed by atoms with Crippen molar-refractivity contribution in [2.45, 2.75) is 63.9 Å². The van der Waals surface area contributed by atoms with Crippen molar-refractivity contribution in [3.05, 3.63) is 60.7 Å². The second-order valence-corrected chi connectivity index (χ2v) is 17.4. The van der Waals surface area contributed by atoms with Crippen molar-refractivity contribution in [2.75, 3.05) is 13.1 Å². The van der Waals surface area contributed by atoms with Crippen LogP contribution in [0.2, 0.25) is 5.04 Å². The third-order valence-corrected chi connectivity index (χ3v) is 14.3. The van der Waals surface area contributed by atoms with Gasteiger partial charge < -0.3 is 9.64 Å². The van der Waals surface area contributed by atoms with Gasteiger partial charge in [0.25, 0.3) is 0 Å². The summed E-state index contributed by atoms with van der Waals surface area (Å²) < 4.78 is 36.4. The van der Waals surface area contributed by atoms with Crippen LogP contribution < -0.4 is 14.8 Å². The monoisotopic (exact) mass is 488 g/mol. The van der Waals surface area contributed by atoms with Gasteiger partial charge in [0.1, 0.15) is 5.60 Å². The maximum absolute atomic E-state index is 13.8. The quantitative estimate of drug-likeness (QED) is 0.654. The van der Waals surface area contributed by atoms with E-state index < -0.39 is 35.2 Å². The van der Waals surface area contributed by atoms with Crippen molar-refractivity contribution >= 4 is 34.7 Å². The molecule has 2 aromatic rings. The van der Waals surface area contributed by atoms with E-state index in [1.165, 1.54) is 4.90 Å². The summed E-state index contributed by atoms with van der Waals surface area (Å²) in [6.07, 6.45) is -0.0853. The summed E-state index contributed by atoms with van der Waals surface area (Å²) in [4.78, 5) is 14.0. The molecule has 8 heteroatoms. The molecule has 0 radical (unpaired) electrons. The molecule has 6 nitrogen and oxygen atoms in total. The van der Waals surface area contributed by atoms with Gasteiger partial charge in [-0.25, -0.2) is 17.6 Å². The van der Waals surface area contributed by atoms with Crippen LogP contribution in [0.1, 0.15) is 48.0 Å². The molecule has 1 aliphatic rings. The summed E-state index contributed by atoms with van der Waals surface area (Å²) >= 11 is 0. The normalized spacial score (nSPS) is 17.8. The molecule has 0 saturated carbocycles. The summed E-state index contributed by atoms with van der Waals surface area (Å²) in [5.74, 6) is 0. The van der Waals surface area contributed by atoms with Gasteiger partial charge in [-0.1, -0.05) is 81.4 Å². The molecular formula is C25H36N2O4SSi. The molecule has 180 valence electrons. The maximum Gasteiger partial charge on any atom is 0.410 e. The second-order valence-electron chi connectivity index (χ2n) is 10.7. The van der Waals surface area contributed by atoms with Gasteiger partial charge in [0.2, 0.25) is 18.3 Å². The minimum absolute atomic E-state index is 0.127. The van der Waals surface area contributed by atoms with E-state index in [2.05, 4.69) is 25.2 Å². The molecule has 1 unspecified atom stereocenters. The molecule has 1 aliphatic heterocycles. The maximum atomic E-state index is 13.8. The first-order valence-electron chi connectivity index (χ1n) is 11.4. The number of benzene rings is 2. The number of likely N-dealkylation sites (tertiary alicyclic amines) is 1. The number of nitrogens with one attached hydrogen (secondary N) is 1. The van der Waals surface area contributed by atoms with Crippen molar-refractivity contribution < 1.29 is 17.9 Å². The number of sulfonamides is 1. The Labute approximate surface area is 199 Å². The molecule has 2 aromatic carbocycles. The number of hydrogen-bond donors (Lipinski definition) is 1. The van der Waals surface area contributed by atoms with E-state index in [1.807, 2.05) is 60.7 Å². The fourth-order valence-electron chi connectivity index (χ4n) is 4.45. The Hall–Kier alpha value is -2.16. The van der Waals surface area contributed by atoms with Gasteiger partial charge in [0.05, 0.1) is 5.25 Å². The van der Waals surface area contributed by atoms with Crippen LogP contribution in [0, 0.1) is 0 Å². The Morgan fingerprint density at radius 2 is 1.42 bits per heavy atom. The molecule has 0 aliphatic carbocycles. The molecule has 3 rings (SSSR count). The summed E-state index contributed by atoms with van der Waals surface area (Å²) in [7, 11) is -6.76. The van der Waals surface area contributed by atoms with Gasteiger partial charge >= 0.3 is 6.09 Å². The Balaban J connectivity index is 1.99. The molecule has 33 heavy (non-hydrogen) atoms. The Morgan fingerprint density at radius 1 is 0.939 bits per heavy atom. The first-order valence-corrected chi connectivity index (χ1v) is 14.9. The number of nitrogens with zero attached hydrogens (tertiary/aromatic N) is 1. The van der Waals surface area contributed by atoms with E-state index in [9.17, 15) is 13.2 Å². The minimum Gasteiger partial charge on any atom is -0.444 e. The molecular weight excluding hydrogens is 452 g/mol. The van der Waals surface area contributed by atoms with E-state index in [0.29, 0.717) is 13.0 Å². The Morgan fingerprint density at radius 3 is 1.85 bits per heavy atom. The van der Waals surface area contributed by atoms with Crippen molar-refractivity contribution in [2.24, 2.45) is 0 Å². The molecule has 1 N–H and O–H groups in total. The van der Waals surface area contributed by atoms with Crippen LogP contribution in [-0.2, 0) is 14.8 Å². The number of carbonyl (C=O) groups excluding carboxylic acids is 1. The fraction of sp³-hybridized carbons (Fsp3) is 0.480. The van der Waals surface area contributed by atoms with Crippen LogP contribution in [0.4, 0.5) is 4.79 Å². The average molecular weight is 489 g/mol. The summed E-state index contributed by atoms with van der Waals surface area (Å²) in [6, 6.07) is 19.8. The second kappa shape index (κ2) is 9.23. The largest absolute Gasteiger partial charge is 0.444 e. The topological polar surface area (TPSA) is 75.7 Å². The van der Waals surface area contributed by atoms with Crippen LogP contribution in [0.25, 0.3) is 0 Å². The lowest BCUT2D eigenvalue weighted by Crippen LogP contribution is -2.75. The fourth-order valence-corrected chi connectivity index (χ4v) is 13.2. The van der Waals surface area contributed by atoms with E-state index in [4.69, 9.17) is 4.74 Å². The Bertz CT molecular complexity index is 1020. The molecule has 0 spiro atoms. The van der Waals surface area contributed by atoms with Crippen LogP contribution in [0.5, 0.6) is 0 Å². The Kier molecular flexibility index (Phi) is 7.12. The molecule has 1 atom stereocenters. The van der Waals surface area contributed by atoms with E-state index in [0.717, 1.165) is 10.4 Å². The summed E-state index contributed by atoms with van der Waals surface area (Å²) in [6.45, 7) is 12.2. The van der Waals surface area contributed by atoms with Crippen molar-refractivity contribution in [3.8, 4) is 0 Å². The standard InChI is InChI=1S/C25H36N2O4SSi/c1-24(2,3)31-23(28)27-18-17-20(19-27)32(29,30)26-33(25(4,5)6,21-13-9-7-10-14-21)22-15-11-8-12-16-22/h7-16,20,26H,17-19H2,1-6H3.